The second-order valence-electron chi connectivity index (χ2n) is 6.32. The number of amides is 2. The van der Waals surface area contributed by atoms with Crippen LogP contribution in [-0.4, -0.2) is 28.1 Å². The third kappa shape index (κ3) is 4.85. The number of nitrogens with zero attached hydrogens (tertiary/aromatic N) is 2. The van der Waals surface area contributed by atoms with Gasteiger partial charge < -0.3 is 10.6 Å². The van der Waals surface area contributed by atoms with E-state index in [2.05, 4.69) is 20.8 Å². The molecule has 2 N–H and O–H groups in total. The lowest BCUT2D eigenvalue weighted by atomic mass is 10.1. The molecule has 0 unspecified atom stereocenters. The van der Waals surface area contributed by atoms with Gasteiger partial charge in [0.1, 0.15) is 5.01 Å². The molecule has 132 valence electrons. The van der Waals surface area contributed by atoms with Gasteiger partial charge in [-0.05, 0) is 44.0 Å². The lowest BCUT2D eigenvalue weighted by molar-refractivity contribution is 0.0933. The van der Waals surface area contributed by atoms with Gasteiger partial charge in [-0.25, -0.2) is 0 Å². The van der Waals surface area contributed by atoms with Crippen LogP contribution in [0, 0.1) is 6.92 Å². The first kappa shape index (κ1) is 17.5. The Hall–Kier alpha value is -2.28. The number of hydrogen-bond donors (Lipinski definition) is 2. The SMILES string of the molecule is Cc1nnc(C(=O)Nc2ccc(C(=O)NC3CCCCCC3)cc2)s1. The number of nitrogens with one attached hydrogen (secondary N) is 2. The van der Waals surface area contributed by atoms with Gasteiger partial charge in [0.05, 0.1) is 0 Å². The molecule has 0 atom stereocenters. The maximum Gasteiger partial charge on any atom is 0.286 e. The molecule has 2 amide bonds. The van der Waals surface area contributed by atoms with Crippen LogP contribution < -0.4 is 10.6 Å². The zero-order valence-corrected chi connectivity index (χ0v) is 15.1. The number of hydrogen-bond acceptors (Lipinski definition) is 5. The Morgan fingerprint density at radius 1 is 1.00 bits per heavy atom. The first-order chi connectivity index (χ1) is 12.1. The van der Waals surface area contributed by atoms with Gasteiger partial charge in [-0.15, -0.1) is 10.2 Å². The fourth-order valence-corrected chi connectivity index (χ4v) is 3.56. The quantitative estimate of drug-likeness (QED) is 0.819. The molecule has 0 aliphatic heterocycles. The van der Waals surface area contributed by atoms with Crippen molar-refractivity contribution < 1.29 is 9.59 Å². The minimum Gasteiger partial charge on any atom is -0.349 e. The highest BCUT2D eigenvalue weighted by Gasteiger charge is 2.16. The molecule has 1 aliphatic carbocycles. The average molecular weight is 358 g/mol. The Morgan fingerprint density at radius 3 is 2.28 bits per heavy atom. The van der Waals surface area contributed by atoms with Crippen LogP contribution in [0.2, 0.25) is 0 Å². The van der Waals surface area contributed by atoms with Crippen molar-refractivity contribution in [2.45, 2.75) is 51.5 Å². The Labute approximate surface area is 151 Å². The van der Waals surface area contributed by atoms with Crippen LogP contribution >= 0.6 is 11.3 Å². The minimum atomic E-state index is -0.291. The van der Waals surface area contributed by atoms with E-state index in [0.29, 0.717) is 16.3 Å². The Morgan fingerprint density at radius 2 is 1.68 bits per heavy atom. The smallest absolute Gasteiger partial charge is 0.286 e. The Kier molecular flexibility index (Phi) is 5.75. The summed E-state index contributed by atoms with van der Waals surface area (Å²) in [5.74, 6) is -0.342. The molecule has 6 nitrogen and oxygen atoms in total. The van der Waals surface area contributed by atoms with Gasteiger partial charge in [0, 0.05) is 17.3 Å². The van der Waals surface area contributed by atoms with Crippen molar-refractivity contribution in [2.24, 2.45) is 0 Å². The molecule has 2 aromatic rings. The standard InChI is InChI=1S/C18H22N4O2S/c1-12-21-22-18(25-12)17(24)20-15-10-8-13(9-11-15)16(23)19-14-6-4-2-3-5-7-14/h8-11,14H,2-7H2,1H3,(H,19,23)(H,20,24). The molecule has 1 heterocycles. The van der Waals surface area contributed by atoms with Crippen molar-refractivity contribution in [1.29, 1.82) is 0 Å². The summed E-state index contributed by atoms with van der Waals surface area (Å²) in [5, 5.41) is 14.6. The lowest BCUT2D eigenvalue weighted by Gasteiger charge is -2.16. The van der Waals surface area contributed by atoms with Gasteiger partial charge in [0.25, 0.3) is 11.8 Å². The van der Waals surface area contributed by atoms with E-state index in [9.17, 15) is 9.59 Å². The van der Waals surface area contributed by atoms with Crippen molar-refractivity contribution in [3.8, 4) is 0 Å². The minimum absolute atomic E-state index is 0.0514. The molecular weight excluding hydrogens is 336 g/mol. The molecule has 1 saturated carbocycles. The molecule has 1 aliphatic rings. The van der Waals surface area contributed by atoms with Crippen LogP contribution in [0.15, 0.2) is 24.3 Å². The summed E-state index contributed by atoms with van der Waals surface area (Å²) in [5.41, 5.74) is 1.23. The van der Waals surface area contributed by atoms with Gasteiger partial charge in [0.15, 0.2) is 0 Å². The molecule has 7 heteroatoms. The maximum atomic E-state index is 12.4. The number of anilines is 1. The van der Waals surface area contributed by atoms with Crippen LogP contribution in [0.4, 0.5) is 5.69 Å². The molecule has 3 rings (SSSR count). The Bertz CT molecular complexity index is 734. The van der Waals surface area contributed by atoms with E-state index in [1.165, 1.54) is 37.0 Å². The van der Waals surface area contributed by atoms with E-state index in [1.807, 2.05) is 0 Å². The van der Waals surface area contributed by atoms with Gasteiger partial charge in [-0.2, -0.15) is 0 Å². The highest BCUT2D eigenvalue weighted by molar-refractivity contribution is 7.13. The number of carbonyl (C=O) groups is 2. The first-order valence-electron chi connectivity index (χ1n) is 8.64. The molecule has 1 aromatic carbocycles. The van der Waals surface area contributed by atoms with Gasteiger partial charge in [-0.1, -0.05) is 37.0 Å². The Balaban J connectivity index is 1.57. The van der Waals surface area contributed by atoms with E-state index < -0.39 is 0 Å². The number of carbonyl (C=O) groups excluding carboxylic acids is 2. The topological polar surface area (TPSA) is 84.0 Å². The number of rotatable bonds is 4. The molecule has 0 saturated heterocycles. The summed E-state index contributed by atoms with van der Waals surface area (Å²) in [4.78, 5) is 24.4. The predicted molar refractivity (Wildman–Crippen MR) is 98.0 cm³/mol. The maximum absolute atomic E-state index is 12.4. The zero-order valence-electron chi connectivity index (χ0n) is 14.2. The van der Waals surface area contributed by atoms with E-state index in [1.54, 1.807) is 31.2 Å². The largest absolute Gasteiger partial charge is 0.349 e. The van der Waals surface area contributed by atoms with Gasteiger partial charge in [-0.3, -0.25) is 9.59 Å². The number of aryl methyl sites for hydroxylation is 1. The molecule has 25 heavy (non-hydrogen) atoms. The van der Waals surface area contributed by atoms with Crippen molar-refractivity contribution in [3.63, 3.8) is 0 Å². The molecule has 0 radical (unpaired) electrons. The van der Waals surface area contributed by atoms with Crippen LogP contribution in [-0.2, 0) is 0 Å². The van der Waals surface area contributed by atoms with E-state index in [-0.39, 0.29) is 17.9 Å². The summed E-state index contributed by atoms with van der Waals surface area (Å²) in [6, 6.07) is 7.19. The third-order valence-corrected chi connectivity index (χ3v) is 5.15. The molecule has 0 bridgehead atoms. The van der Waals surface area contributed by atoms with E-state index in [4.69, 9.17) is 0 Å². The molecule has 1 aromatic heterocycles. The molecule has 1 fully saturated rings. The summed E-state index contributed by atoms with van der Waals surface area (Å²) < 4.78 is 0. The van der Waals surface area contributed by atoms with Gasteiger partial charge in [0.2, 0.25) is 5.01 Å². The zero-order chi connectivity index (χ0) is 17.6. The van der Waals surface area contributed by atoms with Gasteiger partial charge >= 0.3 is 0 Å². The fourth-order valence-electron chi connectivity index (χ4n) is 2.97. The van der Waals surface area contributed by atoms with Crippen molar-refractivity contribution in [2.75, 3.05) is 5.32 Å². The third-order valence-electron chi connectivity index (χ3n) is 4.32. The van der Waals surface area contributed by atoms with Crippen molar-refractivity contribution in [1.82, 2.24) is 15.5 Å². The first-order valence-corrected chi connectivity index (χ1v) is 9.46. The van der Waals surface area contributed by atoms with Crippen LogP contribution in [0.25, 0.3) is 0 Å². The highest BCUT2D eigenvalue weighted by Crippen LogP contribution is 2.18. The van der Waals surface area contributed by atoms with Crippen LogP contribution in [0.3, 0.4) is 0 Å². The van der Waals surface area contributed by atoms with Crippen molar-refractivity contribution in [3.05, 3.63) is 39.8 Å². The van der Waals surface area contributed by atoms with Crippen LogP contribution in [0.1, 0.15) is 63.7 Å². The van der Waals surface area contributed by atoms with E-state index in [0.717, 1.165) is 17.8 Å². The predicted octanol–water partition coefficient (Wildman–Crippen LogP) is 3.55. The summed E-state index contributed by atoms with van der Waals surface area (Å²) in [7, 11) is 0. The van der Waals surface area contributed by atoms with Crippen molar-refractivity contribution >= 4 is 28.8 Å². The fraction of sp³-hybridized carbons (Fsp3) is 0.444. The normalized spacial score (nSPS) is 15.4. The summed E-state index contributed by atoms with van der Waals surface area (Å²) in [6.45, 7) is 1.80. The summed E-state index contributed by atoms with van der Waals surface area (Å²) >= 11 is 1.25. The second kappa shape index (κ2) is 8.20. The molecular formula is C18H22N4O2S. The average Bonchev–Trinajstić information content (AvgIpc) is 2.88. The number of benzene rings is 1. The number of aromatic nitrogens is 2. The monoisotopic (exact) mass is 358 g/mol. The highest BCUT2D eigenvalue weighted by atomic mass is 32.1. The summed E-state index contributed by atoms with van der Waals surface area (Å²) in [6.07, 6.45) is 6.99. The molecule has 0 spiro atoms. The lowest BCUT2D eigenvalue weighted by Crippen LogP contribution is -2.34. The van der Waals surface area contributed by atoms with Crippen LogP contribution in [0.5, 0.6) is 0 Å². The van der Waals surface area contributed by atoms with E-state index >= 15 is 0 Å². The second-order valence-corrected chi connectivity index (χ2v) is 7.50.